The highest BCUT2D eigenvalue weighted by molar-refractivity contribution is 5.99. The zero-order valence-corrected chi connectivity index (χ0v) is 20.1. The summed E-state index contributed by atoms with van der Waals surface area (Å²) in [5.74, 6) is 1.87. The van der Waals surface area contributed by atoms with Crippen molar-refractivity contribution in [3.63, 3.8) is 0 Å². The highest BCUT2D eigenvalue weighted by Crippen LogP contribution is 2.45. The molecule has 0 spiro atoms. The number of nitrogen functional groups attached to an aromatic ring is 1. The lowest BCUT2D eigenvalue weighted by Crippen LogP contribution is -2.28. The fourth-order valence-corrected chi connectivity index (χ4v) is 6.01. The van der Waals surface area contributed by atoms with Gasteiger partial charge in [0.2, 0.25) is 11.8 Å². The van der Waals surface area contributed by atoms with Gasteiger partial charge in [0.25, 0.3) is 0 Å². The van der Waals surface area contributed by atoms with E-state index in [0.29, 0.717) is 29.1 Å². The molecule has 4 heterocycles. The topological polar surface area (TPSA) is 116 Å². The van der Waals surface area contributed by atoms with Crippen molar-refractivity contribution in [2.24, 2.45) is 11.8 Å². The summed E-state index contributed by atoms with van der Waals surface area (Å²) in [6.07, 6.45) is 4.77. The van der Waals surface area contributed by atoms with Crippen molar-refractivity contribution >= 4 is 33.9 Å². The van der Waals surface area contributed by atoms with Crippen LogP contribution < -0.4 is 5.73 Å². The number of fused-ring (bicyclic) bond motifs is 3. The smallest absolute Gasteiger partial charge is 0.245 e. The van der Waals surface area contributed by atoms with Crippen LogP contribution in [0.4, 0.5) is 5.82 Å². The molecule has 0 radical (unpaired) electrons. The van der Waals surface area contributed by atoms with E-state index in [1.165, 1.54) is 12.4 Å². The summed E-state index contributed by atoms with van der Waals surface area (Å²) in [4.78, 5) is 27.6. The average molecular weight is 492 g/mol. The SMILES string of the molecule is C=CC(=O)N1CC2CC(n3nc(-c4ccc5oc(-c6ccccc6)nc5c4)c4c(N)ncnc43)CC2C1. The Morgan fingerprint density at radius 3 is 2.59 bits per heavy atom. The molecule has 37 heavy (non-hydrogen) atoms. The van der Waals surface area contributed by atoms with Crippen LogP contribution >= 0.6 is 0 Å². The Bertz CT molecular complexity index is 1660. The van der Waals surface area contributed by atoms with Crippen LogP contribution in [0.5, 0.6) is 0 Å². The third-order valence-corrected chi connectivity index (χ3v) is 7.76. The third kappa shape index (κ3) is 3.49. The number of carbonyl (C=O) groups excluding carboxylic acids is 1. The first kappa shape index (κ1) is 21.7. The number of anilines is 1. The normalized spacial score (nSPS) is 21.1. The zero-order valence-electron chi connectivity index (χ0n) is 20.1. The van der Waals surface area contributed by atoms with Crippen LogP contribution in [0, 0.1) is 11.8 Å². The van der Waals surface area contributed by atoms with Gasteiger partial charge in [0.1, 0.15) is 23.4 Å². The maximum atomic E-state index is 12.1. The summed E-state index contributed by atoms with van der Waals surface area (Å²) < 4.78 is 8.02. The van der Waals surface area contributed by atoms with E-state index in [-0.39, 0.29) is 11.9 Å². The second kappa shape index (κ2) is 8.26. The largest absolute Gasteiger partial charge is 0.436 e. The second-order valence-electron chi connectivity index (χ2n) is 9.91. The van der Waals surface area contributed by atoms with Gasteiger partial charge < -0.3 is 15.1 Å². The molecule has 2 unspecified atom stereocenters. The number of benzene rings is 2. The Kier molecular flexibility index (Phi) is 4.85. The molecule has 9 nitrogen and oxygen atoms in total. The molecule has 9 heteroatoms. The molecule has 1 aliphatic carbocycles. The fraction of sp³-hybridized carbons (Fsp3) is 0.250. The third-order valence-electron chi connectivity index (χ3n) is 7.76. The van der Waals surface area contributed by atoms with Gasteiger partial charge in [-0.25, -0.2) is 19.6 Å². The standard InChI is InChI=1S/C28H25N7O2/c1-2-23(36)34-13-18-10-20(11-19(18)14-34)35-27-24(26(29)30-15-31-27)25(33-35)17-8-9-22-21(12-17)32-28(37-22)16-6-4-3-5-7-16/h2-9,12,15,18-20H,1,10-11,13-14H2,(H2,29,30,31). The van der Waals surface area contributed by atoms with Crippen molar-refractivity contribution < 1.29 is 9.21 Å². The van der Waals surface area contributed by atoms with Gasteiger partial charge in [-0.15, -0.1) is 0 Å². The molecule has 5 aromatic rings. The predicted octanol–water partition coefficient (Wildman–Crippen LogP) is 4.48. The minimum Gasteiger partial charge on any atom is -0.436 e. The minimum absolute atomic E-state index is 0.0111. The van der Waals surface area contributed by atoms with Crippen LogP contribution in [0.2, 0.25) is 0 Å². The van der Waals surface area contributed by atoms with Crippen LogP contribution in [-0.4, -0.2) is 48.6 Å². The van der Waals surface area contributed by atoms with E-state index in [2.05, 4.69) is 16.5 Å². The van der Waals surface area contributed by atoms with Crippen molar-refractivity contribution in [3.8, 4) is 22.7 Å². The maximum Gasteiger partial charge on any atom is 0.245 e. The Labute approximate surface area is 212 Å². The van der Waals surface area contributed by atoms with Crippen LogP contribution in [0.1, 0.15) is 18.9 Å². The van der Waals surface area contributed by atoms with E-state index in [1.807, 2.05) is 58.1 Å². The van der Waals surface area contributed by atoms with Gasteiger partial charge in [-0.1, -0.05) is 24.8 Å². The monoisotopic (exact) mass is 491 g/mol. The number of amides is 1. The van der Waals surface area contributed by atoms with Crippen molar-refractivity contribution in [1.82, 2.24) is 29.6 Å². The summed E-state index contributed by atoms with van der Waals surface area (Å²) in [5, 5.41) is 5.80. The number of hydrogen-bond donors (Lipinski definition) is 1. The lowest BCUT2D eigenvalue weighted by atomic mass is 10.0. The molecule has 0 bridgehead atoms. The van der Waals surface area contributed by atoms with Crippen molar-refractivity contribution in [3.05, 3.63) is 67.5 Å². The highest BCUT2D eigenvalue weighted by Gasteiger charge is 2.43. The second-order valence-corrected chi connectivity index (χ2v) is 9.91. The lowest BCUT2D eigenvalue weighted by molar-refractivity contribution is -0.125. The number of nitrogens with zero attached hydrogens (tertiary/aromatic N) is 6. The number of oxazole rings is 1. The van der Waals surface area contributed by atoms with Crippen molar-refractivity contribution in [2.75, 3.05) is 18.8 Å². The average Bonchev–Trinajstić information content (AvgIpc) is 3.69. The van der Waals surface area contributed by atoms with Crippen LogP contribution in [0.15, 0.2) is 71.9 Å². The molecule has 1 saturated carbocycles. The molecule has 7 rings (SSSR count). The van der Waals surface area contributed by atoms with E-state index in [4.69, 9.17) is 20.2 Å². The molecule has 1 aliphatic heterocycles. The van der Waals surface area contributed by atoms with E-state index in [9.17, 15) is 4.79 Å². The van der Waals surface area contributed by atoms with E-state index >= 15 is 0 Å². The maximum absolute atomic E-state index is 12.1. The first-order chi connectivity index (χ1) is 18.1. The van der Waals surface area contributed by atoms with Gasteiger partial charge >= 0.3 is 0 Å². The van der Waals surface area contributed by atoms with Gasteiger partial charge in [0, 0.05) is 24.2 Å². The molecule has 184 valence electrons. The fourth-order valence-electron chi connectivity index (χ4n) is 6.01. The van der Waals surface area contributed by atoms with Gasteiger partial charge in [0.15, 0.2) is 11.2 Å². The van der Waals surface area contributed by atoms with Gasteiger partial charge in [-0.05, 0) is 61.1 Å². The molecule has 1 amide bonds. The van der Waals surface area contributed by atoms with E-state index < -0.39 is 0 Å². The predicted molar refractivity (Wildman–Crippen MR) is 140 cm³/mol. The Morgan fingerprint density at radius 2 is 1.84 bits per heavy atom. The summed E-state index contributed by atoms with van der Waals surface area (Å²) in [5.41, 5.74) is 11.1. The molecular weight excluding hydrogens is 466 g/mol. The van der Waals surface area contributed by atoms with E-state index in [1.54, 1.807) is 0 Å². The molecule has 2 atom stereocenters. The number of likely N-dealkylation sites (tertiary alicyclic amines) is 1. The molecule has 2 fully saturated rings. The van der Waals surface area contributed by atoms with Crippen LogP contribution in [0.25, 0.3) is 44.8 Å². The Balaban J connectivity index is 1.26. The van der Waals surface area contributed by atoms with E-state index in [0.717, 1.165) is 59.3 Å². The summed E-state index contributed by atoms with van der Waals surface area (Å²) in [6.45, 7) is 5.16. The molecule has 2 N–H and O–H groups in total. The molecular formula is C28H25N7O2. The summed E-state index contributed by atoms with van der Waals surface area (Å²) >= 11 is 0. The first-order valence-electron chi connectivity index (χ1n) is 12.5. The quantitative estimate of drug-likeness (QED) is 0.369. The number of aromatic nitrogens is 5. The number of carbonyl (C=O) groups is 1. The van der Waals surface area contributed by atoms with Crippen LogP contribution in [-0.2, 0) is 4.79 Å². The Hall–Kier alpha value is -4.53. The molecule has 2 aromatic carbocycles. The summed E-state index contributed by atoms with van der Waals surface area (Å²) in [7, 11) is 0. The van der Waals surface area contributed by atoms with Crippen molar-refractivity contribution in [1.29, 1.82) is 0 Å². The van der Waals surface area contributed by atoms with Crippen molar-refractivity contribution in [2.45, 2.75) is 18.9 Å². The van der Waals surface area contributed by atoms with Gasteiger partial charge in [-0.2, -0.15) is 5.10 Å². The number of rotatable bonds is 4. The molecule has 3 aromatic heterocycles. The zero-order chi connectivity index (χ0) is 25.1. The highest BCUT2D eigenvalue weighted by atomic mass is 16.3. The summed E-state index contributed by atoms with van der Waals surface area (Å²) in [6, 6.07) is 15.9. The lowest BCUT2D eigenvalue weighted by Gasteiger charge is -2.18. The first-order valence-corrected chi connectivity index (χ1v) is 12.5. The Morgan fingerprint density at radius 1 is 1.05 bits per heavy atom. The minimum atomic E-state index is 0.0111. The van der Waals surface area contributed by atoms with Gasteiger partial charge in [0.05, 0.1) is 11.4 Å². The van der Waals surface area contributed by atoms with Gasteiger partial charge in [-0.3, -0.25) is 4.79 Å². The number of hydrogen-bond acceptors (Lipinski definition) is 7. The molecule has 1 saturated heterocycles. The van der Waals surface area contributed by atoms with Crippen LogP contribution in [0.3, 0.4) is 0 Å². The number of nitrogens with two attached hydrogens (primary N) is 1. The molecule has 2 aliphatic rings.